The summed E-state index contributed by atoms with van der Waals surface area (Å²) < 4.78 is 6.54. The van der Waals surface area contributed by atoms with Gasteiger partial charge in [-0.05, 0) is 87.1 Å². The van der Waals surface area contributed by atoms with Crippen LogP contribution in [0.2, 0.25) is 0 Å². The van der Waals surface area contributed by atoms with Gasteiger partial charge in [0.25, 0.3) is 0 Å². The second kappa shape index (κ2) is 12.3. The van der Waals surface area contributed by atoms with Gasteiger partial charge >= 0.3 is 0 Å². The zero-order valence-electron chi connectivity index (χ0n) is 26.9. The zero-order valence-corrected chi connectivity index (χ0v) is 26.9. The smallest absolute Gasteiger partial charge is 0.132 e. The topological polar surface area (TPSA) is 12.5 Å². The summed E-state index contributed by atoms with van der Waals surface area (Å²) in [5.74, 6) is 1.83. The van der Waals surface area contributed by atoms with Crippen molar-refractivity contribution in [3.05, 3.63) is 211 Å². The fraction of sp³-hybridized carbons (Fsp3) is 0.0213. The summed E-state index contributed by atoms with van der Waals surface area (Å²) in [6, 6.07) is 69.3. The molecular formula is C47H33NO. The molecule has 0 aliphatic carbocycles. The second-order valence-electron chi connectivity index (χ2n) is 12.5. The van der Waals surface area contributed by atoms with E-state index in [1.54, 1.807) is 0 Å². The fourth-order valence-electron chi connectivity index (χ4n) is 7.25. The minimum Gasteiger partial charge on any atom is -0.457 e. The third-order valence-electron chi connectivity index (χ3n) is 9.60. The standard InChI is InChI=1S/C47H33NO/c1-3-12-33(13-4-1)35-22-27-39(28-23-35)48(40-29-24-36(25-30-40)34-14-5-2-6-15-34)41-18-11-17-38(32-41)46-43-20-9-10-21-44(43)49-45-31-26-37-16-7-8-19-42(37)47(45)46/h1-32,46H. The first-order valence-electron chi connectivity index (χ1n) is 16.8. The van der Waals surface area contributed by atoms with E-state index in [9.17, 15) is 0 Å². The molecule has 1 heterocycles. The van der Waals surface area contributed by atoms with Crippen molar-refractivity contribution >= 4 is 27.8 Å². The first-order valence-corrected chi connectivity index (χ1v) is 16.8. The lowest BCUT2D eigenvalue weighted by Crippen LogP contribution is -2.14. The van der Waals surface area contributed by atoms with E-state index in [1.165, 1.54) is 49.7 Å². The number of hydrogen-bond donors (Lipinski definition) is 0. The van der Waals surface area contributed by atoms with Crippen molar-refractivity contribution in [2.75, 3.05) is 4.90 Å². The summed E-state index contributed by atoms with van der Waals surface area (Å²) in [5, 5.41) is 2.43. The number of hydrogen-bond acceptors (Lipinski definition) is 2. The Kier molecular flexibility index (Phi) is 7.25. The van der Waals surface area contributed by atoms with Crippen molar-refractivity contribution in [2.45, 2.75) is 5.92 Å². The number of fused-ring (bicyclic) bond motifs is 4. The van der Waals surface area contributed by atoms with Gasteiger partial charge < -0.3 is 9.64 Å². The van der Waals surface area contributed by atoms with Crippen molar-refractivity contribution in [1.29, 1.82) is 0 Å². The average Bonchev–Trinajstić information content (AvgIpc) is 3.18. The molecule has 232 valence electrons. The summed E-state index contributed by atoms with van der Waals surface area (Å²) in [4.78, 5) is 2.36. The van der Waals surface area contributed by atoms with E-state index in [0.717, 1.165) is 28.6 Å². The predicted molar refractivity (Wildman–Crippen MR) is 203 cm³/mol. The molecule has 8 aromatic rings. The van der Waals surface area contributed by atoms with Crippen LogP contribution in [-0.2, 0) is 0 Å². The summed E-state index contributed by atoms with van der Waals surface area (Å²) in [6.07, 6.45) is 0. The normalized spacial score (nSPS) is 13.3. The van der Waals surface area contributed by atoms with Crippen LogP contribution in [0.3, 0.4) is 0 Å². The first-order chi connectivity index (χ1) is 24.3. The van der Waals surface area contributed by atoms with Gasteiger partial charge in [-0.15, -0.1) is 0 Å². The summed E-state index contributed by atoms with van der Waals surface area (Å²) >= 11 is 0. The molecule has 2 nitrogen and oxygen atoms in total. The molecular weight excluding hydrogens is 595 g/mol. The Morgan fingerprint density at radius 3 is 1.63 bits per heavy atom. The Morgan fingerprint density at radius 2 is 0.959 bits per heavy atom. The van der Waals surface area contributed by atoms with Crippen LogP contribution in [-0.4, -0.2) is 0 Å². The molecule has 1 unspecified atom stereocenters. The fourth-order valence-corrected chi connectivity index (χ4v) is 7.25. The number of para-hydroxylation sites is 1. The van der Waals surface area contributed by atoms with Crippen molar-refractivity contribution < 1.29 is 4.74 Å². The summed E-state index contributed by atoms with van der Waals surface area (Å²) in [6.45, 7) is 0. The molecule has 9 rings (SSSR count). The lowest BCUT2D eigenvalue weighted by Gasteiger charge is -2.31. The lowest BCUT2D eigenvalue weighted by atomic mass is 9.80. The minimum absolute atomic E-state index is 0.00811. The molecule has 0 radical (unpaired) electrons. The van der Waals surface area contributed by atoms with Crippen LogP contribution >= 0.6 is 0 Å². The van der Waals surface area contributed by atoms with E-state index in [2.05, 4.69) is 199 Å². The van der Waals surface area contributed by atoms with Gasteiger partial charge in [0.2, 0.25) is 0 Å². The Bertz CT molecular complexity index is 2310. The molecule has 0 amide bonds. The highest BCUT2D eigenvalue weighted by Crippen LogP contribution is 2.50. The van der Waals surface area contributed by atoms with Gasteiger partial charge in [0, 0.05) is 34.1 Å². The van der Waals surface area contributed by atoms with Crippen LogP contribution in [0.4, 0.5) is 17.1 Å². The maximum Gasteiger partial charge on any atom is 0.132 e. The SMILES string of the molecule is c1ccc(-c2ccc(N(c3ccc(-c4ccccc4)cc3)c3cccc(C4c5ccccc5Oc5ccc6ccccc6c54)c3)cc2)cc1. The van der Waals surface area contributed by atoms with Crippen LogP contribution in [0.15, 0.2) is 194 Å². The Morgan fingerprint density at radius 1 is 0.388 bits per heavy atom. The van der Waals surface area contributed by atoms with Crippen LogP contribution < -0.4 is 9.64 Å². The molecule has 0 spiro atoms. The monoisotopic (exact) mass is 627 g/mol. The molecule has 0 aromatic heterocycles. The van der Waals surface area contributed by atoms with Crippen LogP contribution in [0.1, 0.15) is 22.6 Å². The Hall–Kier alpha value is -6.38. The summed E-state index contributed by atoms with van der Waals surface area (Å²) in [5.41, 5.74) is 11.7. The van der Waals surface area contributed by atoms with E-state index in [1.807, 2.05) is 0 Å². The lowest BCUT2D eigenvalue weighted by molar-refractivity contribution is 0.454. The number of benzene rings is 8. The van der Waals surface area contributed by atoms with Crippen molar-refractivity contribution in [2.24, 2.45) is 0 Å². The van der Waals surface area contributed by atoms with Gasteiger partial charge in [0.1, 0.15) is 11.5 Å². The Labute approximate surface area is 287 Å². The molecule has 0 bridgehead atoms. The van der Waals surface area contributed by atoms with Gasteiger partial charge in [0.05, 0.1) is 0 Å². The summed E-state index contributed by atoms with van der Waals surface area (Å²) in [7, 11) is 0. The highest BCUT2D eigenvalue weighted by molar-refractivity contribution is 5.90. The van der Waals surface area contributed by atoms with Gasteiger partial charge in [-0.3, -0.25) is 0 Å². The third-order valence-corrected chi connectivity index (χ3v) is 9.60. The highest BCUT2D eigenvalue weighted by Gasteiger charge is 2.31. The molecule has 2 heteroatoms. The van der Waals surface area contributed by atoms with Gasteiger partial charge in [-0.2, -0.15) is 0 Å². The van der Waals surface area contributed by atoms with Crippen molar-refractivity contribution in [3.63, 3.8) is 0 Å². The molecule has 0 saturated heterocycles. The first kappa shape index (κ1) is 28.8. The Balaban J connectivity index is 1.19. The number of anilines is 3. The van der Waals surface area contributed by atoms with Gasteiger partial charge in [0.15, 0.2) is 0 Å². The van der Waals surface area contributed by atoms with E-state index in [4.69, 9.17) is 4.74 Å². The molecule has 0 N–H and O–H groups in total. The van der Waals surface area contributed by atoms with Gasteiger partial charge in [-0.25, -0.2) is 0 Å². The third kappa shape index (κ3) is 5.34. The maximum atomic E-state index is 6.54. The molecule has 0 fully saturated rings. The second-order valence-corrected chi connectivity index (χ2v) is 12.5. The molecule has 1 aliphatic rings. The quantitative estimate of drug-likeness (QED) is 0.182. The predicted octanol–water partition coefficient (Wildman–Crippen LogP) is 12.9. The number of ether oxygens (including phenoxy) is 1. The molecule has 1 aliphatic heterocycles. The van der Waals surface area contributed by atoms with Crippen LogP contribution in [0.5, 0.6) is 11.5 Å². The van der Waals surface area contributed by atoms with Crippen molar-refractivity contribution in [1.82, 2.24) is 0 Å². The van der Waals surface area contributed by atoms with Crippen LogP contribution in [0.25, 0.3) is 33.0 Å². The maximum absolute atomic E-state index is 6.54. The largest absolute Gasteiger partial charge is 0.457 e. The van der Waals surface area contributed by atoms with E-state index < -0.39 is 0 Å². The molecule has 1 atom stereocenters. The number of nitrogens with zero attached hydrogens (tertiary/aromatic N) is 1. The van der Waals surface area contributed by atoms with Crippen LogP contribution in [0, 0.1) is 0 Å². The minimum atomic E-state index is 0.00811. The zero-order chi connectivity index (χ0) is 32.6. The average molecular weight is 628 g/mol. The molecule has 8 aromatic carbocycles. The van der Waals surface area contributed by atoms with E-state index >= 15 is 0 Å². The van der Waals surface area contributed by atoms with E-state index in [-0.39, 0.29) is 5.92 Å². The molecule has 49 heavy (non-hydrogen) atoms. The van der Waals surface area contributed by atoms with Crippen molar-refractivity contribution in [3.8, 4) is 33.8 Å². The van der Waals surface area contributed by atoms with Gasteiger partial charge in [-0.1, -0.05) is 146 Å². The highest BCUT2D eigenvalue weighted by atomic mass is 16.5. The van der Waals surface area contributed by atoms with E-state index in [0.29, 0.717) is 0 Å². The molecule has 0 saturated carbocycles. The number of rotatable bonds is 6.